The zero-order valence-corrected chi connectivity index (χ0v) is 12.1. The fourth-order valence-corrected chi connectivity index (χ4v) is 2.25. The van der Waals surface area contributed by atoms with Crippen molar-refractivity contribution in [2.45, 2.75) is 46.2 Å². The van der Waals surface area contributed by atoms with Gasteiger partial charge in [-0.05, 0) is 33.3 Å². The lowest BCUT2D eigenvalue weighted by molar-refractivity contribution is -0.139. The van der Waals surface area contributed by atoms with Crippen LogP contribution < -0.4 is 0 Å². The van der Waals surface area contributed by atoms with Crippen molar-refractivity contribution in [2.24, 2.45) is 0 Å². The number of hydrogen-bond donors (Lipinski definition) is 2. The van der Waals surface area contributed by atoms with E-state index in [0.717, 1.165) is 17.5 Å². The Kier molecular flexibility index (Phi) is 5.36. The van der Waals surface area contributed by atoms with Gasteiger partial charge in [0, 0.05) is 17.6 Å². The van der Waals surface area contributed by atoms with Crippen LogP contribution in [-0.2, 0) is 4.79 Å². The Labute approximate surface area is 114 Å². The van der Waals surface area contributed by atoms with E-state index in [-0.39, 0.29) is 24.4 Å². The van der Waals surface area contributed by atoms with E-state index >= 15 is 0 Å². The van der Waals surface area contributed by atoms with E-state index in [2.05, 4.69) is 0 Å². The Morgan fingerprint density at radius 2 is 2.00 bits per heavy atom. The van der Waals surface area contributed by atoms with Crippen molar-refractivity contribution in [1.29, 1.82) is 0 Å². The normalized spacial score (nSPS) is 14.4. The number of phenols is 1. The highest BCUT2D eigenvalue weighted by Crippen LogP contribution is 2.30. The molecule has 0 aliphatic rings. The fourth-order valence-electron chi connectivity index (χ4n) is 2.25. The molecule has 0 saturated carbocycles. The summed E-state index contributed by atoms with van der Waals surface area (Å²) in [5.74, 6) is -0.629. The Morgan fingerprint density at radius 3 is 2.53 bits per heavy atom. The number of aryl methyl sites for hydroxylation is 1. The number of carboxylic acids is 1. The molecule has 0 saturated heterocycles. The molecule has 4 heteroatoms. The molecule has 1 aromatic carbocycles. The molecule has 0 radical (unpaired) electrons. The molecule has 0 aromatic heterocycles. The number of benzene rings is 1. The zero-order chi connectivity index (χ0) is 14.6. The summed E-state index contributed by atoms with van der Waals surface area (Å²) in [4.78, 5) is 12.9. The highest BCUT2D eigenvalue weighted by atomic mass is 16.4. The fraction of sp³-hybridized carbons (Fsp3) is 0.533. The van der Waals surface area contributed by atoms with Crippen molar-refractivity contribution in [3.8, 4) is 5.75 Å². The molecule has 0 amide bonds. The molecule has 0 bridgehead atoms. The standard InChI is InChI=1S/C15H23NO3/c1-5-11(3)16(9-15(18)19)12(4)13-8-10(2)6-7-14(13)17/h6-8,11-12,17H,5,9H2,1-4H3,(H,18,19). The minimum absolute atomic E-state index is 0.0243. The van der Waals surface area contributed by atoms with Gasteiger partial charge in [-0.1, -0.05) is 24.6 Å². The molecule has 2 N–H and O–H groups in total. The summed E-state index contributed by atoms with van der Waals surface area (Å²) in [6.45, 7) is 7.90. The van der Waals surface area contributed by atoms with Gasteiger partial charge in [-0.25, -0.2) is 0 Å². The highest BCUT2D eigenvalue weighted by molar-refractivity contribution is 5.69. The second-order valence-corrected chi connectivity index (χ2v) is 5.06. The van der Waals surface area contributed by atoms with Crippen LogP contribution in [0.3, 0.4) is 0 Å². The lowest BCUT2D eigenvalue weighted by Crippen LogP contribution is -2.39. The van der Waals surface area contributed by atoms with Gasteiger partial charge in [-0.2, -0.15) is 0 Å². The van der Waals surface area contributed by atoms with Crippen LogP contribution in [0.1, 0.15) is 44.4 Å². The van der Waals surface area contributed by atoms with Crippen molar-refractivity contribution in [1.82, 2.24) is 4.90 Å². The molecule has 0 spiro atoms. The van der Waals surface area contributed by atoms with Crippen molar-refractivity contribution < 1.29 is 15.0 Å². The monoisotopic (exact) mass is 265 g/mol. The molecule has 0 heterocycles. The van der Waals surface area contributed by atoms with Crippen molar-refractivity contribution in [3.05, 3.63) is 29.3 Å². The topological polar surface area (TPSA) is 60.8 Å². The SMILES string of the molecule is CCC(C)N(CC(=O)O)C(C)c1cc(C)ccc1O. The summed E-state index contributed by atoms with van der Waals surface area (Å²) in [5, 5.41) is 19.0. The minimum atomic E-state index is -0.848. The van der Waals surface area contributed by atoms with E-state index < -0.39 is 5.97 Å². The molecule has 19 heavy (non-hydrogen) atoms. The number of aliphatic carboxylic acids is 1. The van der Waals surface area contributed by atoms with Crippen molar-refractivity contribution in [2.75, 3.05) is 6.54 Å². The number of phenolic OH excluding ortho intramolecular Hbond substituents is 1. The summed E-state index contributed by atoms with van der Waals surface area (Å²) < 4.78 is 0. The van der Waals surface area contributed by atoms with Gasteiger partial charge in [0.25, 0.3) is 0 Å². The molecule has 0 aliphatic carbocycles. The van der Waals surface area contributed by atoms with Gasteiger partial charge < -0.3 is 10.2 Å². The summed E-state index contributed by atoms with van der Waals surface area (Å²) in [5.41, 5.74) is 1.83. The number of rotatable bonds is 6. The third-order valence-corrected chi connectivity index (χ3v) is 3.61. The lowest BCUT2D eigenvalue weighted by Gasteiger charge is -2.33. The van der Waals surface area contributed by atoms with Crippen LogP contribution in [-0.4, -0.2) is 33.7 Å². The van der Waals surface area contributed by atoms with Crippen molar-refractivity contribution in [3.63, 3.8) is 0 Å². The number of carboxylic acid groups (broad SMARTS) is 1. The average Bonchev–Trinajstić information content (AvgIpc) is 2.37. The molecule has 2 unspecified atom stereocenters. The highest BCUT2D eigenvalue weighted by Gasteiger charge is 2.24. The first-order valence-electron chi connectivity index (χ1n) is 6.63. The molecule has 0 fully saturated rings. The van der Waals surface area contributed by atoms with Gasteiger partial charge in [0.05, 0.1) is 6.54 Å². The number of hydrogen-bond acceptors (Lipinski definition) is 3. The second kappa shape index (κ2) is 6.57. The summed E-state index contributed by atoms with van der Waals surface area (Å²) >= 11 is 0. The van der Waals surface area contributed by atoms with Crippen LogP contribution in [0, 0.1) is 6.92 Å². The molecular formula is C15H23NO3. The third kappa shape index (κ3) is 3.96. The van der Waals surface area contributed by atoms with E-state index in [1.807, 2.05) is 44.7 Å². The predicted octanol–water partition coefficient (Wildman–Crippen LogP) is 2.95. The summed E-state index contributed by atoms with van der Waals surface area (Å²) in [6, 6.07) is 5.43. The van der Waals surface area contributed by atoms with Crippen LogP contribution in [0.5, 0.6) is 5.75 Å². The molecule has 0 aliphatic heterocycles. The second-order valence-electron chi connectivity index (χ2n) is 5.06. The van der Waals surface area contributed by atoms with E-state index in [1.165, 1.54) is 0 Å². The largest absolute Gasteiger partial charge is 0.508 e. The quantitative estimate of drug-likeness (QED) is 0.830. The third-order valence-electron chi connectivity index (χ3n) is 3.61. The molecule has 4 nitrogen and oxygen atoms in total. The number of nitrogens with zero attached hydrogens (tertiary/aromatic N) is 1. The average molecular weight is 265 g/mol. The molecule has 1 aromatic rings. The van der Waals surface area contributed by atoms with Crippen LogP contribution in [0.2, 0.25) is 0 Å². The Morgan fingerprint density at radius 1 is 1.37 bits per heavy atom. The Bertz CT molecular complexity index is 445. The zero-order valence-electron chi connectivity index (χ0n) is 12.1. The molecule has 106 valence electrons. The lowest BCUT2D eigenvalue weighted by atomic mass is 10.0. The van der Waals surface area contributed by atoms with E-state index in [1.54, 1.807) is 6.07 Å². The van der Waals surface area contributed by atoms with Gasteiger partial charge in [-0.15, -0.1) is 0 Å². The Hall–Kier alpha value is -1.55. The Balaban J connectivity index is 3.07. The summed E-state index contributed by atoms with van der Waals surface area (Å²) in [6.07, 6.45) is 0.865. The van der Waals surface area contributed by atoms with Crippen LogP contribution in [0.25, 0.3) is 0 Å². The van der Waals surface area contributed by atoms with Crippen LogP contribution in [0.15, 0.2) is 18.2 Å². The molecule has 1 rings (SSSR count). The van der Waals surface area contributed by atoms with Crippen LogP contribution >= 0.6 is 0 Å². The van der Waals surface area contributed by atoms with Gasteiger partial charge in [-0.3, -0.25) is 9.69 Å². The van der Waals surface area contributed by atoms with Gasteiger partial charge >= 0.3 is 5.97 Å². The maximum absolute atomic E-state index is 11.0. The van der Waals surface area contributed by atoms with E-state index in [9.17, 15) is 9.90 Å². The summed E-state index contributed by atoms with van der Waals surface area (Å²) in [7, 11) is 0. The maximum atomic E-state index is 11.0. The van der Waals surface area contributed by atoms with E-state index in [4.69, 9.17) is 5.11 Å². The smallest absolute Gasteiger partial charge is 0.317 e. The van der Waals surface area contributed by atoms with Crippen LogP contribution in [0.4, 0.5) is 0 Å². The first-order valence-corrected chi connectivity index (χ1v) is 6.63. The first kappa shape index (κ1) is 15.5. The molecular weight excluding hydrogens is 242 g/mol. The first-order chi connectivity index (χ1) is 8.86. The predicted molar refractivity (Wildman–Crippen MR) is 75.4 cm³/mol. The number of aromatic hydroxyl groups is 1. The number of carbonyl (C=O) groups is 1. The molecule has 2 atom stereocenters. The van der Waals surface area contributed by atoms with Crippen molar-refractivity contribution >= 4 is 5.97 Å². The van der Waals surface area contributed by atoms with Gasteiger partial charge in [0.2, 0.25) is 0 Å². The van der Waals surface area contributed by atoms with Gasteiger partial charge in [0.15, 0.2) is 0 Å². The van der Waals surface area contributed by atoms with Gasteiger partial charge in [0.1, 0.15) is 5.75 Å². The van der Waals surface area contributed by atoms with E-state index in [0.29, 0.717) is 0 Å². The maximum Gasteiger partial charge on any atom is 0.317 e. The minimum Gasteiger partial charge on any atom is -0.508 e.